The second kappa shape index (κ2) is 7.73. The van der Waals surface area contributed by atoms with E-state index in [1.807, 2.05) is 0 Å². The van der Waals surface area contributed by atoms with Crippen molar-refractivity contribution in [2.24, 2.45) is 5.73 Å². The summed E-state index contributed by atoms with van der Waals surface area (Å²) in [5.74, 6) is -0.638. The summed E-state index contributed by atoms with van der Waals surface area (Å²) in [5, 5.41) is 2.71. The number of alkyl halides is 3. The number of piperidine rings is 1. The van der Waals surface area contributed by atoms with Gasteiger partial charge in [-0.05, 0) is 25.0 Å². The Kier molecular flexibility index (Phi) is 5.24. The minimum absolute atomic E-state index is 0.0249. The molecule has 11 heteroatoms. The molecule has 0 aliphatic carbocycles. The molecule has 1 saturated heterocycles. The van der Waals surface area contributed by atoms with Gasteiger partial charge < -0.3 is 21.7 Å². The minimum Gasteiger partial charge on any atom is -0.390 e. The number of thiophene rings is 1. The minimum atomic E-state index is -4.57. The van der Waals surface area contributed by atoms with Crippen LogP contribution >= 0.6 is 11.3 Å². The molecule has 1 fully saturated rings. The SMILES string of the molecule is Nc1sc2c(C(F)(F)F)ccnc2c1C(=O)Nc1cnccc1N1CCC[C@H](N)C1. The summed E-state index contributed by atoms with van der Waals surface area (Å²) in [4.78, 5) is 23.1. The number of carbonyl (C=O) groups is 1. The number of nitrogens with two attached hydrogens (primary N) is 2. The third-order valence-corrected chi connectivity index (χ3v) is 6.02. The van der Waals surface area contributed by atoms with Crippen molar-refractivity contribution >= 4 is 43.8 Å². The lowest BCUT2D eigenvalue weighted by Gasteiger charge is -2.33. The van der Waals surface area contributed by atoms with Gasteiger partial charge in [0.15, 0.2) is 0 Å². The van der Waals surface area contributed by atoms with E-state index >= 15 is 0 Å². The summed E-state index contributed by atoms with van der Waals surface area (Å²) in [5.41, 5.74) is 12.1. The van der Waals surface area contributed by atoms with E-state index in [0.29, 0.717) is 23.6 Å². The van der Waals surface area contributed by atoms with Gasteiger partial charge in [0.05, 0.1) is 33.4 Å². The second-order valence-electron chi connectivity index (χ2n) is 7.07. The standard InChI is InChI=1S/C19H19F3N6OS/c20-19(21,22)11-3-6-26-15-14(17(24)30-16(11)15)18(29)27-12-8-25-5-4-13(12)28-7-1-2-10(23)9-28/h3-6,8,10H,1-2,7,9,23-24H2,(H,27,29)/t10-/m0/s1. The fourth-order valence-electron chi connectivity index (χ4n) is 3.62. The number of hydrogen-bond donors (Lipinski definition) is 3. The zero-order chi connectivity index (χ0) is 21.5. The Morgan fingerprint density at radius 1 is 1.30 bits per heavy atom. The number of aromatic nitrogens is 2. The van der Waals surface area contributed by atoms with Crippen LogP contribution < -0.4 is 21.7 Å². The molecule has 5 N–H and O–H groups in total. The number of pyridine rings is 2. The van der Waals surface area contributed by atoms with E-state index in [2.05, 4.69) is 20.2 Å². The van der Waals surface area contributed by atoms with Gasteiger partial charge in [0.25, 0.3) is 5.91 Å². The van der Waals surface area contributed by atoms with Crippen LogP contribution in [0.4, 0.5) is 29.5 Å². The smallest absolute Gasteiger partial charge is 0.390 e. The Labute approximate surface area is 173 Å². The molecular formula is C19H19F3N6OS. The number of nitrogens with zero attached hydrogens (tertiary/aromatic N) is 3. The topological polar surface area (TPSA) is 110 Å². The van der Waals surface area contributed by atoms with Crippen LogP contribution in [0.5, 0.6) is 0 Å². The Balaban J connectivity index is 1.69. The molecule has 4 heterocycles. The Hall–Kier alpha value is -2.92. The van der Waals surface area contributed by atoms with Gasteiger partial charge in [-0.2, -0.15) is 13.2 Å². The highest BCUT2D eigenvalue weighted by molar-refractivity contribution is 7.23. The molecule has 0 radical (unpaired) electrons. The quantitative estimate of drug-likeness (QED) is 0.580. The molecule has 7 nitrogen and oxygen atoms in total. The van der Waals surface area contributed by atoms with Crippen LogP contribution in [0, 0.1) is 0 Å². The van der Waals surface area contributed by atoms with Crippen molar-refractivity contribution in [1.29, 1.82) is 0 Å². The molecule has 0 spiro atoms. The van der Waals surface area contributed by atoms with Gasteiger partial charge in [0, 0.05) is 31.5 Å². The number of carbonyl (C=O) groups excluding carboxylic acids is 1. The van der Waals surface area contributed by atoms with Gasteiger partial charge in [-0.3, -0.25) is 14.8 Å². The van der Waals surface area contributed by atoms with Crippen LogP contribution in [0.25, 0.3) is 10.2 Å². The van der Waals surface area contributed by atoms with Crippen molar-refractivity contribution in [2.45, 2.75) is 25.1 Å². The molecule has 158 valence electrons. The molecule has 1 atom stereocenters. The number of amides is 1. The van der Waals surface area contributed by atoms with Crippen LogP contribution in [0.2, 0.25) is 0 Å². The molecule has 1 amide bonds. The summed E-state index contributed by atoms with van der Waals surface area (Å²) in [6.07, 6.45) is 1.40. The maximum absolute atomic E-state index is 13.3. The predicted molar refractivity (Wildman–Crippen MR) is 111 cm³/mol. The molecule has 1 aliphatic rings. The van der Waals surface area contributed by atoms with E-state index in [-0.39, 0.29) is 26.8 Å². The first-order valence-corrected chi connectivity index (χ1v) is 10.1. The second-order valence-corrected chi connectivity index (χ2v) is 8.12. The Morgan fingerprint density at radius 2 is 2.10 bits per heavy atom. The lowest BCUT2D eigenvalue weighted by Crippen LogP contribution is -2.43. The summed E-state index contributed by atoms with van der Waals surface area (Å²) in [6.45, 7) is 1.41. The number of nitrogen functional groups attached to an aromatic ring is 1. The number of anilines is 3. The molecule has 0 bridgehead atoms. The zero-order valence-corrected chi connectivity index (χ0v) is 16.6. The van der Waals surface area contributed by atoms with Crippen LogP contribution in [-0.4, -0.2) is 35.0 Å². The maximum atomic E-state index is 13.3. The fraction of sp³-hybridized carbons (Fsp3) is 0.316. The van der Waals surface area contributed by atoms with Gasteiger partial charge in [0.2, 0.25) is 0 Å². The number of halogens is 3. The van der Waals surface area contributed by atoms with Gasteiger partial charge in [-0.1, -0.05) is 0 Å². The molecule has 4 rings (SSSR count). The van der Waals surface area contributed by atoms with E-state index in [1.54, 1.807) is 12.3 Å². The van der Waals surface area contributed by atoms with Crippen molar-refractivity contribution in [2.75, 3.05) is 29.0 Å². The third kappa shape index (κ3) is 3.77. The van der Waals surface area contributed by atoms with E-state index in [9.17, 15) is 18.0 Å². The molecule has 3 aromatic rings. The molecule has 0 aromatic carbocycles. The zero-order valence-electron chi connectivity index (χ0n) is 15.7. The van der Waals surface area contributed by atoms with Crippen molar-refractivity contribution in [3.8, 4) is 0 Å². The van der Waals surface area contributed by atoms with Gasteiger partial charge in [-0.25, -0.2) is 0 Å². The normalized spacial score (nSPS) is 17.3. The summed E-state index contributed by atoms with van der Waals surface area (Å²) in [7, 11) is 0. The van der Waals surface area contributed by atoms with E-state index in [0.717, 1.165) is 37.3 Å². The predicted octanol–water partition coefficient (Wildman–Crippen LogP) is 3.47. The summed E-state index contributed by atoms with van der Waals surface area (Å²) in [6, 6.07) is 2.67. The van der Waals surface area contributed by atoms with E-state index in [4.69, 9.17) is 11.5 Å². The van der Waals surface area contributed by atoms with E-state index in [1.165, 1.54) is 6.20 Å². The van der Waals surface area contributed by atoms with Crippen molar-refractivity contribution in [3.05, 3.63) is 41.9 Å². The molecule has 3 aromatic heterocycles. The third-order valence-electron chi connectivity index (χ3n) is 4.98. The van der Waals surface area contributed by atoms with Gasteiger partial charge in [0.1, 0.15) is 10.6 Å². The highest BCUT2D eigenvalue weighted by Gasteiger charge is 2.35. The molecule has 0 unspecified atom stereocenters. The largest absolute Gasteiger partial charge is 0.417 e. The van der Waals surface area contributed by atoms with E-state index < -0.39 is 17.6 Å². The number of nitrogens with one attached hydrogen (secondary N) is 1. The summed E-state index contributed by atoms with van der Waals surface area (Å²) < 4.78 is 39.8. The number of rotatable bonds is 3. The Morgan fingerprint density at radius 3 is 2.83 bits per heavy atom. The van der Waals surface area contributed by atoms with Crippen LogP contribution in [0.1, 0.15) is 28.8 Å². The van der Waals surface area contributed by atoms with Gasteiger partial charge >= 0.3 is 6.18 Å². The first kappa shape index (κ1) is 20.4. The van der Waals surface area contributed by atoms with Crippen LogP contribution in [0.15, 0.2) is 30.7 Å². The van der Waals surface area contributed by atoms with Crippen molar-refractivity contribution < 1.29 is 18.0 Å². The average molecular weight is 436 g/mol. The average Bonchev–Trinajstić information content (AvgIpc) is 3.03. The van der Waals surface area contributed by atoms with Crippen molar-refractivity contribution in [3.63, 3.8) is 0 Å². The van der Waals surface area contributed by atoms with Crippen LogP contribution in [0.3, 0.4) is 0 Å². The first-order valence-electron chi connectivity index (χ1n) is 9.25. The number of hydrogen-bond acceptors (Lipinski definition) is 7. The molecule has 30 heavy (non-hydrogen) atoms. The monoisotopic (exact) mass is 436 g/mol. The summed E-state index contributed by atoms with van der Waals surface area (Å²) >= 11 is 0.696. The highest BCUT2D eigenvalue weighted by Crippen LogP contribution is 2.41. The molecular weight excluding hydrogens is 417 g/mol. The first-order chi connectivity index (χ1) is 14.3. The Bertz CT molecular complexity index is 1100. The van der Waals surface area contributed by atoms with Crippen molar-refractivity contribution in [1.82, 2.24) is 9.97 Å². The lowest BCUT2D eigenvalue weighted by molar-refractivity contribution is -0.136. The fourth-order valence-corrected chi connectivity index (χ4v) is 4.68. The molecule has 0 saturated carbocycles. The number of fused-ring (bicyclic) bond motifs is 1. The lowest BCUT2D eigenvalue weighted by atomic mass is 10.1. The highest BCUT2D eigenvalue weighted by atomic mass is 32.1. The molecule has 1 aliphatic heterocycles. The van der Waals surface area contributed by atoms with Gasteiger partial charge in [-0.15, -0.1) is 11.3 Å². The maximum Gasteiger partial charge on any atom is 0.417 e. The van der Waals surface area contributed by atoms with Crippen LogP contribution in [-0.2, 0) is 6.18 Å².